The van der Waals surface area contributed by atoms with Crippen LogP contribution in [0.2, 0.25) is 6.04 Å². The van der Waals surface area contributed by atoms with Crippen molar-refractivity contribution in [2.24, 2.45) is 0 Å². The minimum Gasteiger partial charge on any atom is -0.421 e. The number of nitrogens with zero attached hydrogens (tertiary/aromatic N) is 2. The van der Waals surface area contributed by atoms with Crippen LogP contribution in [-0.4, -0.2) is 88.6 Å². The first-order valence-corrected chi connectivity index (χ1v) is 16.5. The molecule has 18 heteroatoms. The molecule has 0 aromatic rings. The molecular weight excluding hydrogens is 574 g/mol. The van der Waals surface area contributed by atoms with Crippen LogP contribution in [0.25, 0.3) is 4.13 Å². The molecule has 0 unspecified atom stereocenters. The molecular formula is C19H38F6N2O7S2Si. The largest absolute Gasteiger partial charge is 0.500 e. The molecule has 1 heterocycles. The normalized spacial score (nSPS) is 16.9. The molecule has 37 heavy (non-hydrogen) atoms. The molecule has 0 atom stereocenters. The van der Waals surface area contributed by atoms with E-state index in [-0.39, 0.29) is 0 Å². The lowest BCUT2D eigenvalue weighted by Gasteiger charge is -2.35. The number of rotatable bonds is 15. The summed E-state index contributed by atoms with van der Waals surface area (Å²) >= 11 is 0. The second kappa shape index (κ2) is 15.3. The van der Waals surface area contributed by atoms with E-state index < -0.39 is 39.9 Å². The molecule has 1 fully saturated rings. The fourth-order valence-corrected chi connectivity index (χ4v) is 7.50. The molecule has 0 amide bonds. The van der Waals surface area contributed by atoms with Crippen molar-refractivity contribution in [1.29, 1.82) is 0 Å². The Morgan fingerprint density at radius 3 is 1.49 bits per heavy atom. The van der Waals surface area contributed by atoms with Crippen molar-refractivity contribution in [3.05, 3.63) is 4.13 Å². The van der Waals surface area contributed by atoms with Crippen LogP contribution in [0.15, 0.2) is 0 Å². The van der Waals surface area contributed by atoms with E-state index in [1.807, 2.05) is 0 Å². The minimum absolute atomic E-state index is 0.778. The first kappa shape index (κ1) is 36.5. The molecule has 0 aromatic heterocycles. The number of sulfonamides is 2. The molecule has 1 saturated heterocycles. The number of alkyl halides is 6. The SMILES string of the molecule is CCCCCC[N+]1(CCCC[Si](OC)(OC)OC)CCCC1.O=S(=O)([N-]S(=O)(=O)C(F)(F)F)C(F)(F)F. The smallest absolute Gasteiger partial charge is 0.421 e. The van der Waals surface area contributed by atoms with E-state index in [1.54, 1.807) is 21.3 Å². The molecule has 0 N–H and O–H groups in total. The molecule has 9 nitrogen and oxygen atoms in total. The first-order chi connectivity index (χ1) is 16.9. The summed E-state index contributed by atoms with van der Waals surface area (Å²) in [5, 5.41) is 0. The van der Waals surface area contributed by atoms with E-state index >= 15 is 0 Å². The van der Waals surface area contributed by atoms with E-state index in [2.05, 4.69) is 6.92 Å². The molecule has 0 radical (unpaired) electrons. The zero-order chi connectivity index (χ0) is 29.0. The highest BCUT2D eigenvalue weighted by molar-refractivity contribution is 8.13. The fourth-order valence-electron chi connectivity index (χ4n) is 4.00. The molecule has 0 aliphatic carbocycles. The highest BCUT2D eigenvalue weighted by atomic mass is 32.3. The fraction of sp³-hybridized carbons (Fsp3) is 1.00. The molecule has 0 saturated carbocycles. The third-order valence-electron chi connectivity index (χ3n) is 6.08. The summed E-state index contributed by atoms with van der Waals surface area (Å²) in [6.07, 6.45) is 10.8. The second-order valence-corrected chi connectivity index (χ2v) is 15.2. The number of halogens is 6. The molecule has 0 bridgehead atoms. The molecule has 1 aliphatic rings. The first-order valence-electron chi connectivity index (χ1n) is 11.7. The quantitative estimate of drug-likeness (QED) is 0.112. The van der Waals surface area contributed by atoms with Gasteiger partial charge in [-0.15, -0.1) is 0 Å². The highest BCUT2D eigenvalue weighted by Crippen LogP contribution is 2.36. The molecule has 0 aromatic carbocycles. The molecule has 1 rings (SSSR count). The summed E-state index contributed by atoms with van der Waals surface area (Å²) in [6, 6.07) is 0.937. The predicted molar refractivity (Wildman–Crippen MR) is 127 cm³/mol. The Bertz CT molecular complexity index is 811. The van der Waals surface area contributed by atoms with Gasteiger partial charge in [0.25, 0.3) is 0 Å². The maximum absolute atomic E-state index is 11.4. The van der Waals surface area contributed by atoms with Gasteiger partial charge in [0, 0.05) is 40.2 Å². The molecule has 1 aliphatic heterocycles. The molecule has 0 spiro atoms. The van der Waals surface area contributed by atoms with E-state index in [0.717, 1.165) is 16.6 Å². The van der Waals surface area contributed by atoms with Crippen molar-refractivity contribution in [3.8, 4) is 0 Å². The summed E-state index contributed by atoms with van der Waals surface area (Å²) in [6.45, 7) is 7.80. The minimum atomic E-state index is -6.72. The van der Waals surface area contributed by atoms with Gasteiger partial charge in [-0.25, -0.2) is 16.8 Å². The topological polar surface area (TPSA) is 110 Å². The van der Waals surface area contributed by atoms with Gasteiger partial charge in [-0.1, -0.05) is 19.8 Å². The van der Waals surface area contributed by atoms with Gasteiger partial charge in [-0.05, 0) is 25.7 Å². The van der Waals surface area contributed by atoms with Crippen LogP contribution in [0.5, 0.6) is 0 Å². The van der Waals surface area contributed by atoms with Gasteiger partial charge >= 0.3 is 19.8 Å². The van der Waals surface area contributed by atoms with Crippen LogP contribution in [-0.2, 0) is 33.3 Å². The van der Waals surface area contributed by atoms with Gasteiger partial charge in [0.2, 0.25) is 0 Å². The lowest BCUT2D eigenvalue weighted by Crippen LogP contribution is -2.47. The third-order valence-corrected chi connectivity index (χ3v) is 11.7. The summed E-state index contributed by atoms with van der Waals surface area (Å²) in [5.41, 5.74) is -12.4. The van der Waals surface area contributed by atoms with E-state index in [4.69, 9.17) is 13.3 Å². The van der Waals surface area contributed by atoms with Gasteiger partial charge in [0.15, 0.2) is 20.0 Å². The van der Waals surface area contributed by atoms with Crippen molar-refractivity contribution in [2.75, 3.05) is 47.5 Å². The Balaban J connectivity index is 0.000000757. The highest BCUT2D eigenvalue weighted by Gasteiger charge is 2.47. The Morgan fingerprint density at radius 2 is 1.14 bits per heavy atom. The summed E-state index contributed by atoms with van der Waals surface area (Å²) < 4.78 is 127. The number of hydrogen-bond acceptors (Lipinski definition) is 7. The van der Waals surface area contributed by atoms with Crippen LogP contribution < -0.4 is 0 Å². The van der Waals surface area contributed by atoms with Gasteiger partial charge in [-0.2, -0.15) is 26.3 Å². The lowest BCUT2D eigenvalue weighted by atomic mass is 10.1. The number of likely N-dealkylation sites (tertiary alicyclic amines) is 1. The van der Waals surface area contributed by atoms with Crippen molar-refractivity contribution < 1.29 is 60.9 Å². The summed E-state index contributed by atoms with van der Waals surface area (Å²) in [7, 11) is -10.7. The van der Waals surface area contributed by atoms with E-state index in [9.17, 15) is 43.2 Å². The number of quaternary nitrogens is 1. The van der Waals surface area contributed by atoms with E-state index in [1.165, 1.54) is 75.6 Å². The number of unbranched alkanes of at least 4 members (excludes halogenated alkanes) is 4. The van der Waals surface area contributed by atoms with Crippen LogP contribution in [0.4, 0.5) is 26.3 Å². The van der Waals surface area contributed by atoms with E-state index in [0.29, 0.717) is 0 Å². The Labute approximate surface area is 216 Å². The van der Waals surface area contributed by atoms with Gasteiger partial charge in [-0.3, -0.25) is 0 Å². The standard InChI is InChI=1S/C17H38NO3Si.C2F6NO4S2/c1-5-6-7-8-13-18(14-9-10-15-18)16-11-12-17-22(19-2,20-3)21-4;3-1(4,5)14(10,11)9-15(12,13)2(6,7)8/h5-17H2,1-4H3;/q+1;-1. The Kier molecular flexibility index (Phi) is 15.1. The number of hydrogen-bond donors (Lipinski definition) is 0. The van der Waals surface area contributed by atoms with Gasteiger partial charge in [0.05, 0.1) is 26.2 Å². The zero-order valence-electron chi connectivity index (χ0n) is 21.5. The monoisotopic (exact) mass is 612 g/mol. The Morgan fingerprint density at radius 1 is 0.730 bits per heavy atom. The van der Waals surface area contributed by atoms with Crippen molar-refractivity contribution in [3.63, 3.8) is 0 Å². The van der Waals surface area contributed by atoms with Crippen LogP contribution in [0.3, 0.4) is 0 Å². The van der Waals surface area contributed by atoms with Crippen LogP contribution in [0.1, 0.15) is 58.3 Å². The Hall–Kier alpha value is -0.503. The summed E-state index contributed by atoms with van der Waals surface area (Å²) in [5.74, 6) is 0. The zero-order valence-corrected chi connectivity index (χ0v) is 24.2. The maximum Gasteiger partial charge on any atom is 0.500 e. The van der Waals surface area contributed by atoms with Crippen molar-refractivity contribution >= 4 is 28.9 Å². The van der Waals surface area contributed by atoms with Crippen LogP contribution >= 0.6 is 0 Å². The van der Waals surface area contributed by atoms with Crippen molar-refractivity contribution in [2.45, 2.75) is 75.4 Å². The lowest BCUT2D eigenvalue weighted by molar-refractivity contribution is -0.917. The maximum atomic E-state index is 11.4. The predicted octanol–water partition coefficient (Wildman–Crippen LogP) is 4.89. The molecule has 224 valence electrons. The van der Waals surface area contributed by atoms with Crippen molar-refractivity contribution in [1.82, 2.24) is 0 Å². The third kappa shape index (κ3) is 12.0. The van der Waals surface area contributed by atoms with Crippen LogP contribution in [0, 0.1) is 0 Å². The second-order valence-electron chi connectivity index (χ2n) is 8.67. The average Bonchev–Trinajstić information content (AvgIpc) is 3.25. The average molecular weight is 613 g/mol. The summed E-state index contributed by atoms with van der Waals surface area (Å²) in [4.78, 5) is 0. The van der Waals surface area contributed by atoms with Gasteiger partial charge in [0.1, 0.15) is 0 Å². The van der Waals surface area contributed by atoms with Gasteiger partial charge < -0.3 is 21.9 Å².